The first-order valence-electron chi connectivity index (χ1n) is 5.59. The maximum Gasteiger partial charge on any atom is 0.416 e. The van der Waals surface area contributed by atoms with Gasteiger partial charge in [0.15, 0.2) is 0 Å². The minimum Gasteiger partial charge on any atom is -0.468 e. The fourth-order valence-corrected chi connectivity index (χ4v) is 1.57. The van der Waals surface area contributed by atoms with E-state index in [0.717, 1.165) is 25.3 Å². The molecule has 1 aromatic carbocycles. The number of hydrogen-bond acceptors (Lipinski definition) is 3. The highest BCUT2D eigenvalue weighted by Gasteiger charge is 2.34. The molecule has 0 aliphatic carbocycles. The second-order valence-corrected chi connectivity index (χ2v) is 4.08. The summed E-state index contributed by atoms with van der Waals surface area (Å²) in [6, 6.07) is 1.83. The number of ether oxygens (including phenoxy) is 1. The van der Waals surface area contributed by atoms with E-state index >= 15 is 0 Å². The van der Waals surface area contributed by atoms with Crippen molar-refractivity contribution in [3.63, 3.8) is 0 Å². The second kappa shape index (κ2) is 6.33. The third-order valence-electron chi connectivity index (χ3n) is 2.49. The average molecular weight is 315 g/mol. The fourth-order valence-electron chi connectivity index (χ4n) is 1.57. The van der Waals surface area contributed by atoms with Crippen LogP contribution in [0.5, 0.6) is 0 Å². The van der Waals surface area contributed by atoms with Crippen LogP contribution in [0.3, 0.4) is 0 Å². The van der Waals surface area contributed by atoms with E-state index in [-0.39, 0.29) is 5.56 Å². The van der Waals surface area contributed by atoms with Crippen LogP contribution in [0.15, 0.2) is 24.3 Å². The topological polar surface area (TPSA) is 38.3 Å². The highest BCUT2D eigenvalue weighted by atomic mass is 19.4. The standard InChI is InChI=1S/C12H11F6NO2/c1-21-10(20)9(19-6-11(13,14)15)7-3-2-4-8(5-7)12(16,17)18/h2-5,9,19H,6H2,1H3. The zero-order chi connectivity index (χ0) is 16.3. The Morgan fingerprint density at radius 3 is 2.33 bits per heavy atom. The van der Waals surface area contributed by atoms with Crippen LogP contribution in [0.25, 0.3) is 0 Å². The number of rotatable bonds is 4. The van der Waals surface area contributed by atoms with Crippen molar-refractivity contribution in [2.75, 3.05) is 13.7 Å². The minimum atomic E-state index is -4.67. The van der Waals surface area contributed by atoms with E-state index in [9.17, 15) is 31.1 Å². The van der Waals surface area contributed by atoms with Crippen molar-refractivity contribution in [3.8, 4) is 0 Å². The van der Waals surface area contributed by atoms with Gasteiger partial charge in [-0.25, -0.2) is 4.79 Å². The summed E-state index contributed by atoms with van der Waals surface area (Å²) >= 11 is 0. The van der Waals surface area contributed by atoms with Crippen LogP contribution in [0.2, 0.25) is 0 Å². The van der Waals surface area contributed by atoms with Gasteiger partial charge in [-0.3, -0.25) is 5.32 Å². The van der Waals surface area contributed by atoms with E-state index < -0.39 is 36.5 Å². The molecule has 0 saturated carbocycles. The Hall–Kier alpha value is -1.77. The molecule has 1 rings (SSSR count). The molecule has 0 aromatic heterocycles. The summed E-state index contributed by atoms with van der Waals surface area (Å²) in [7, 11) is 0.929. The first-order valence-corrected chi connectivity index (χ1v) is 5.59. The molecule has 1 N–H and O–H groups in total. The lowest BCUT2D eigenvalue weighted by Crippen LogP contribution is -2.36. The monoisotopic (exact) mass is 315 g/mol. The van der Waals surface area contributed by atoms with E-state index in [1.165, 1.54) is 0 Å². The molecule has 118 valence electrons. The van der Waals surface area contributed by atoms with Gasteiger partial charge in [0.2, 0.25) is 0 Å². The number of carbonyl (C=O) groups excluding carboxylic acids is 1. The van der Waals surface area contributed by atoms with Crippen molar-refractivity contribution >= 4 is 5.97 Å². The minimum absolute atomic E-state index is 0.263. The molecule has 0 heterocycles. The van der Waals surface area contributed by atoms with Gasteiger partial charge in [0.1, 0.15) is 6.04 Å². The zero-order valence-corrected chi connectivity index (χ0v) is 10.7. The van der Waals surface area contributed by atoms with Gasteiger partial charge in [-0.05, 0) is 17.7 Å². The summed E-state index contributed by atoms with van der Waals surface area (Å²) in [4.78, 5) is 11.5. The number of benzene rings is 1. The Balaban J connectivity index is 3.06. The maximum atomic E-state index is 12.6. The largest absolute Gasteiger partial charge is 0.468 e. The molecule has 1 unspecified atom stereocenters. The number of hydrogen-bond donors (Lipinski definition) is 1. The van der Waals surface area contributed by atoms with Crippen molar-refractivity contribution in [1.82, 2.24) is 5.32 Å². The van der Waals surface area contributed by atoms with Crippen LogP contribution in [0.1, 0.15) is 17.2 Å². The molecule has 0 saturated heterocycles. The van der Waals surface area contributed by atoms with Gasteiger partial charge in [0, 0.05) is 0 Å². The number of nitrogens with one attached hydrogen (secondary N) is 1. The molecule has 9 heteroatoms. The third kappa shape index (κ3) is 5.25. The number of alkyl halides is 6. The smallest absolute Gasteiger partial charge is 0.416 e. The first-order chi connectivity index (χ1) is 9.54. The SMILES string of the molecule is COC(=O)C(NCC(F)(F)F)c1cccc(C(F)(F)F)c1. The molecular formula is C12H11F6NO2. The van der Waals surface area contributed by atoms with Crippen LogP contribution in [0.4, 0.5) is 26.3 Å². The van der Waals surface area contributed by atoms with Gasteiger partial charge in [0.25, 0.3) is 0 Å². The normalized spacial score (nSPS) is 13.9. The van der Waals surface area contributed by atoms with Crippen LogP contribution in [-0.4, -0.2) is 25.8 Å². The van der Waals surface area contributed by atoms with Crippen LogP contribution in [0, 0.1) is 0 Å². The molecule has 0 fully saturated rings. The van der Waals surface area contributed by atoms with Crippen LogP contribution in [-0.2, 0) is 15.7 Å². The summed E-state index contributed by atoms with van der Waals surface area (Å²) in [6.45, 7) is -1.54. The molecule has 0 aliphatic rings. The van der Waals surface area contributed by atoms with E-state index in [1.807, 2.05) is 5.32 Å². The molecule has 0 radical (unpaired) electrons. The number of carbonyl (C=O) groups is 1. The Morgan fingerprint density at radius 2 is 1.86 bits per heavy atom. The lowest BCUT2D eigenvalue weighted by Gasteiger charge is -2.19. The predicted octanol–water partition coefficient (Wildman–Crippen LogP) is 3.07. The molecule has 1 atom stereocenters. The molecule has 3 nitrogen and oxygen atoms in total. The first kappa shape index (κ1) is 17.3. The molecular weight excluding hydrogens is 304 g/mol. The van der Waals surface area contributed by atoms with E-state index in [2.05, 4.69) is 4.74 Å². The Labute approximate surface area is 115 Å². The number of methoxy groups -OCH3 is 1. The van der Waals surface area contributed by atoms with E-state index in [0.29, 0.717) is 6.07 Å². The Morgan fingerprint density at radius 1 is 1.24 bits per heavy atom. The Kier molecular flexibility index (Phi) is 5.21. The Bertz CT molecular complexity index is 497. The van der Waals surface area contributed by atoms with Crippen molar-refractivity contribution in [2.45, 2.75) is 18.4 Å². The molecule has 21 heavy (non-hydrogen) atoms. The van der Waals surface area contributed by atoms with Gasteiger partial charge in [-0.2, -0.15) is 26.3 Å². The fraction of sp³-hybridized carbons (Fsp3) is 0.417. The molecule has 0 bridgehead atoms. The van der Waals surface area contributed by atoms with Gasteiger partial charge in [-0.15, -0.1) is 0 Å². The summed E-state index contributed by atoms with van der Waals surface area (Å²) in [6.07, 6.45) is -9.28. The van der Waals surface area contributed by atoms with Crippen molar-refractivity contribution < 1.29 is 35.9 Å². The number of halogens is 6. The maximum absolute atomic E-state index is 12.6. The molecule has 0 spiro atoms. The van der Waals surface area contributed by atoms with Gasteiger partial charge < -0.3 is 4.74 Å². The summed E-state index contributed by atoms with van der Waals surface area (Å²) < 4.78 is 78.5. The second-order valence-electron chi connectivity index (χ2n) is 4.08. The van der Waals surface area contributed by atoms with Crippen molar-refractivity contribution in [2.24, 2.45) is 0 Å². The van der Waals surface area contributed by atoms with E-state index in [1.54, 1.807) is 0 Å². The number of esters is 1. The lowest BCUT2D eigenvalue weighted by molar-refractivity contribution is -0.147. The third-order valence-corrected chi connectivity index (χ3v) is 2.49. The predicted molar refractivity (Wildman–Crippen MR) is 60.3 cm³/mol. The van der Waals surface area contributed by atoms with Gasteiger partial charge in [-0.1, -0.05) is 12.1 Å². The quantitative estimate of drug-likeness (QED) is 0.685. The van der Waals surface area contributed by atoms with Crippen LogP contribution < -0.4 is 5.32 Å². The summed E-state index contributed by atoms with van der Waals surface area (Å²) in [5.41, 5.74) is -1.33. The van der Waals surface area contributed by atoms with Gasteiger partial charge in [0.05, 0.1) is 19.2 Å². The molecule has 0 aliphatic heterocycles. The molecule has 1 aromatic rings. The highest BCUT2D eigenvalue weighted by molar-refractivity contribution is 5.77. The van der Waals surface area contributed by atoms with Crippen molar-refractivity contribution in [1.29, 1.82) is 0 Å². The average Bonchev–Trinajstić information content (AvgIpc) is 2.36. The van der Waals surface area contributed by atoms with Gasteiger partial charge >= 0.3 is 18.3 Å². The van der Waals surface area contributed by atoms with Crippen LogP contribution >= 0.6 is 0 Å². The summed E-state index contributed by atoms with van der Waals surface area (Å²) in [5.74, 6) is -1.11. The lowest BCUT2D eigenvalue weighted by atomic mass is 10.0. The summed E-state index contributed by atoms with van der Waals surface area (Å²) in [5, 5.41) is 1.84. The van der Waals surface area contributed by atoms with E-state index in [4.69, 9.17) is 0 Å². The molecule has 0 amide bonds. The van der Waals surface area contributed by atoms with Crippen molar-refractivity contribution in [3.05, 3.63) is 35.4 Å². The highest BCUT2D eigenvalue weighted by Crippen LogP contribution is 2.31. The zero-order valence-electron chi connectivity index (χ0n) is 10.7.